The third-order valence-electron chi connectivity index (χ3n) is 3.49. The fraction of sp³-hybridized carbons (Fsp3) is 0.278. The van der Waals surface area contributed by atoms with Crippen LogP contribution in [0.1, 0.15) is 12.0 Å². The van der Waals surface area contributed by atoms with Gasteiger partial charge in [-0.15, -0.1) is 12.4 Å². The first-order valence-electron chi connectivity index (χ1n) is 7.63. The lowest BCUT2D eigenvalue weighted by molar-refractivity contribution is -0.123. The lowest BCUT2D eigenvalue weighted by Gasteiger charge is -2.15. The number of methoxy groups -OCH3 is 1. The Kier molecular flexibility index (Phi) is 9.52. The van der Waals surface area contributed by atoms with Gasteiger partial charge in [0.05, 0.1) is 12.5 Å². The molecule has 0 aromatic heterocycles. The molecule has 0 saturated heterocycles. The summed E-state index contributed by atoms with van der Waals surface area (Å²) in [5.41, 5.74) is 6.42. The standard InChI is InChI=1S/C18H21BrN2O3.ClH/c1-23-16(11-20)10-18(22)21-12-13-7-8-14(19)9-17(13)24-15-5-3-2-4-6-15;/h2-9,16H,10-12,20H2,1H3,(H,21,22);1H. The first-order chi connectivity index (χ1) is 11.6. The predicted octanol–water partition coefficient (Wildman–Crippen LogP) is 3.64. The molecular weight excluding hydrogens is 408 g/mol. The molecule has 0 bridgehead atoms. The molecule has 136 valence electrons. The number of nitrogens with two attached hydrogens (primary N) is 1. The summed E-state index contributed by atoms with van der Waals surface area (Å²) in [7, 11) is 1.55. The average molecular weight is 430 g/mol. The quantitative estimate of drug-likeness (QED) is 0.672. The maximum absolute atomic E-state index is 12.0. The van der Waals surface area contributed by atoms with Gasteiger partial charge in [-0.25, -0.2) is 0 Å². The zero-order valence-electron chi connectivity index (χ0n) is 13.9. The first-order valence-corrected chi connectivity index (χ1v) is 8.42. The van der Waals surface area contributed by atoms with E-state index in [-0.39, 0.29) is 30.8 Å². The van der Waals surface area contributed by atoms with Crippen molar-refractivity contribution >= 4 is 34.2 Å². The summed E-state index contributed by atoms with van der Waals surface area (Å²) in [6.07, 6.45) is -0.0340. The third kappa shape index (κ3) is 7.04. The van der Waals surface area contributed by atoms with Gasteiger partial charge in [0.25, 0.3) is 0 Å². The van der Waals surface area contributed by atoms with Crippen LogP contribution in [-0.2, 0) is 16.1 Å². The summed E-state index contributed by atoms with van der Waals surface area (Å²) in [5.74, 6) is 1.32. The van der Waals surface area contributed by atoms with E-state index in [0.717, 1.165) is 15.8 Å². The molecule has 0 saturated carbocycles. The molecule has 0 radical (unpaired) electrons. The zero-order valence-corrected chi connectivity index (χ0v) is 16.3. The third-order valence-corrected chi connectivity index (χ3v) is 3.98. The minimum Gasteiger partial charge on any atom is -0.457 e. The second-order valence-electron chi connectivity index (χ2n) is 5.24. The molecule has 2 rings (SSSR count). The Balaban J connectivity index is 0.00000312. The van der Waals surface area contributed by atoms with Gasteiger partial charge in [-0.1, -0.05) is 40.2 Å². The number of nitrogens with one attached hydrogen (secondary N) is 1. The van der Waals surface area contributed by atoms with Crippen LogP contribution in [-0.4, -0.2) is 25.7 Å². The van der Waals surface area contributed by atoms with Crippen LogP contribution in [0.15, 0.2) is 53.0 Å². The van der Waals surface area contributed by atoms with Crippen molar-refractivity contribution in [2.24, 2.45) is 5.73 Å². The van der Waals surface area contributed by atoms with Gasteiger partial charge in [-0.3, -0.25) is 4.79 Å². The van der Waals surface area contributed by atoms with Crippen LogP contribution in [0.4, 0.5) is 0 Å². The Morgan fingerprint density at radius 1 is 1.24 bits per heavy atom. The van der Waals surface area contributed by atoms with E-state index >= 15 is 0 Å². The molecule has 1 amide bonds. The van der Waals surface area contributed by atoms with Gasteiger partial charge in [-0.2, -0.15) is 0 Å². The number of carbonyl (C=O) groups excluding carboxylic acids is 1. The Labute approximate surface area is 162 Å². The van der Waals surface area contributed by atoms with Crippen molar-refractivity contribution in [1.29, 1.82) is 0 Å². The van der Waals surface area contributed by atoms with E-state index in [9.17, 15) is 4.79 Å². The predicted molar refractivity (Wildman–Crippen MR) is 104 cm³/mol. The van der Waals surface area contributed by atoms with Crippen LogP contribution in [0.5, 0.6) is 11.5 Å². The van der Waals surface area contributed by atoms with Crippen LogP contribution in [0, 0.1) is 0 Å². The van der Waals surface area contributed by atoms with Gasteiger partial charge in [0, 0.05) is 30.2 Å². The molecule has 0 spiro atoms. The number of hydrogen-bond donors (Lipinski definition) is 2. The van der Waals surface area contributed by atoms with Crippen molar-refractivity contribution in [1.82, 2.24) is 5.32 Å². The first kappa shape index (κ1) is 21.4. The molecule has 25 heavy (non-hydrogen) atoms. The molecule has 3 N–H and O–H groups in total. The molecule has 1 atom stereocenters. The number of amides is 1. The lowest BCUT2D eigenvalue weighted by Crippen LogP contribution is -2.31. The summed E-state index contributed by atoms with van der Waals surface area (Å²) >= 11 is 3.44. The minimum atomic E-state index is -0.269. The maximum Gasteiger partial charge on any atom is 0.222 e. The van der Waals surface area contributed by atoms with Gasteiger partial charge < -0.3 is 20.5 Å². The highest BCUT2D eigenvalue weighted by Crippen LogP contribution is 2.28. The second-order valence-corrected chi connectivity index (χ2v) is 6.16. The molecule has 0 aliphatic rings. The van der Waals surface area contributed by atoms with Gasteiger partial charge in [0.1, 0.15) is 11.5 Å². The van der Waals surface area contributed by atoms with E-state index in [0.29, 0.717) is 18.8 Å². The van der Waals surface area contributed by atoms with Crippen molar-refractivity contribution in [3.63, 3.8) is 0 Å². The number of ether oxygens (including phenoxy) is 2. The van der Waals surface area contributed by atoms with Gasteiger partial charge in [0.2, 0.25) is 5.91 Å². The lowest BCUT2D eigenvalue weighted by atomic mass is 10.2. The normalized spacial score (nSPS) is 11.3. The van der Waals surface area contributed by atoms with E-state index in [2.05, 4.69) is 21.2 Å². The van der Waals surface area contributed by atoms with Gasteiger partial charge in [-0.05, 0) is 24.3 Å². The molecule has 0 fully saturated rings. The highest BCUT2D eigenvalue weighted by Gasteiger charge is 2.12. The molecule has 1 unspecified atom stereocenters. The topological polar surface area (TPSA) is 73.6 Å². The molecule has 2 aromatic rings. The minimum absolute atomic E-state index is 0. The summed E-state index contributed by atoms with van der Waals surface area (Å²) in [4.78, 5) is 12.0. The van der Waals surface area contributed by atoms with Gasteiger partial charge in [0.15, 0.2) is 0 Å². The molecule has 0 heterocycles. The van der Waals surface area contributed by atoms with Crippen molar-refractivity contribution < 1.29 is 14.3 Å². The monoisotopic (exact) mass is 428 g/mol. The molecular formula is C18H22BrClN2O3. The van der Waals surface area contributed by atoms with E-state index in [1.165, 1.54) is 0 Å². The Hall–Kier alpha value is -1.60. The van der Waals surface area contributed by atoms with Gasteiger partial charge >= 0.3 is 0 Å². The van der Waals surface area contributed by atoms with Crippen LogP contribution in [0.25, 0.3) is 0 Å². The molecule has 7 heteroatoms. The van der Waals surface area contributed by atoms with Crippen LogP contribution in [0.3, 0.4) is 0 Å². The summed E-state index contributed by atoms with van der Waals surface area (Å²) < 4.78 is 12.0. The van der Waals surface area contributed by atoms with E-state index in [1.807, 2.05) is 48.5 Å². The molecule has 2 aromatic carbocycles. The van der Waals surface area contributed by atoms with Crippen LogP contribution in [0.2, 0.25) is 0 Å². The fourth-order valence-electron chi connectivity index (χ4n) is 2.12. The summed E-state index contributed by atoms with van der Waals surface area (Å²) in [5, 5.41) is 2.87. The SMILES string of the molecule is COC(CN)CC(=O)NCc1ccc(Br)cc1Oc1ccccc1.Cl. The maximum atomic E-state index is 12.0. The highest BCUT2D eigenvalue weighted by molar-refractivity contribution is 9.10. The Morgan fingerprint density at radius 2 is 1.96 bits per heavy atom. The average Bonchev–Trinajstić information content (AvgIpc) is 2.60. The number of rotatable bonds is 8. The number of carbonyl (C=O) groups is 1. The smallest absolute Gasteiger partial charge is 0.222 e. The number of para-hydroxylation sites is 1. The van der Waals surface area contributed by atoms with Crippen molar-refractivity contribution in [2.45, 2.75) is 19.1 Å². The number of benzene rings is 2. The number of halogens is 2. The second kappa shape index (κ2) is 11.1. The van der Waals surface area contributed by atoms with Crippen LogP contribution >= 0.6 is 28.3 Å². The Morgan fingerprint density at radius 3 is 2.60 bits per heavy atom. The van der Waals surface area contributed by atoms with Crippen molar-refractivity contribution in [3.8, 4) is 11.5 Å². The number of hydrogen-bond acceptors (Lipinski definition) is 4. The zero-order chi connectivity index (χ0) is 17.4. The molecule has 0 aliphatic heterocycles. The largest absolute Gasteiger partial charge is 0.457 e. The van der Waals surface area contributed by atoms with E-state index in [1.54, 1.807) is 7.11 Å². The van der Waals surface area contributed by atoms with Crippen molar-refractivity contribution in [3.05, 3.63) is 58.6 Å². The van der Waals surface area contributed by atoms with Crippen LogP contribution < -0.4 is 15.8 Å². The summed E-state index contributed by atoms with van der Waals surface area (Å²) in [6.45, 7) is 0.680. The highest BCUT2D eigenvalue weighted by atomic mass is 79.9. The summed E-state index contributed by atoms with van der Waals surface area (Å²) in [6, 6.07) is 15.2. The van der Waals surface area contributed by atoms with E-state index in [4.69, 9.17) is 15.2 Å². The molecule has 0 aliphatic carbocycles. The molecule has 5 nitrogen and oxygen atoms in total. The van der Waals surface area contributed by atoms with Crippen molar-refractivity contribution in [2.75, 3.05) is 13.7 Å². The fourth-order valence-corrected chi connectivity index (χ4v) is 2.46. The van der Waals surface area contributed by atoms with E-state index < -0.39 is 0 Å². The Bertz CT molecular complexity index is 667.